The van der Waals surface area contributed by atoms with Crippen LogP contribution in [0.3, 0.4) is 0 Å². The minimum absolute atomic E-state index is 0.00363. The normalized spacial score (nSPS) is 14.5. The molecule has 1 aromatic heterocycles. The zero-order chi connectivity index (χ0) is 18.8. The van der Waals surface area contributed by atoms with E-state index in [1.165, 1.54) is 18.9 Å². The van der Waals surface area contributed by atoms with Crippen LogP contribution in [0.1, 0.15) is 47.6 Å². The Kier molecular flexibility index (Phi) is 4.62. The number of hydrogen-bond donors (Lipinski definition) is 2. The molecular weight excluding hydrogens is 342 g/mol. The topological polar surface area (TPSA) is 84.2 Å². The fourth-order valence-electron chi connectivity index (χ4n) is 3.89. The molecule has 1 saturated carbocycles. The summed E-state index contributed by atoms with van der Waals surface area (Å²) in [4.78, 5) is 28.6. The lowest BCUT2D eigenvalue weighted by molar-refractivity contribution is -0.115. The van der Waals surface area contributed by atoms with Crippen LogP contribution < -0.4 is 5.32 Å². The first-order valence-corrected chi connectivity index (χ1v) is 9.21. The van der Waals surface area contributed by atoms with E-state index in [1.54, 1.807) is 18.2 Å². The highest BCUT2D eigenvalue weighted by Crippen LogP contribution is 2.35. The number of nitrogens with zero attached hydrogens (tertiary/aromatic N) is 2. The summed E-state index contributed by atoms with van der Waals surface area (Å²) in [6, 6.07) is 14.8. The molecule has 1 aliphatic rings. The van der Waals surface area contributed by atoms with Gasteiger partial charge in [0.15, 0.2) is 0 Å². The lowest BCUT2D eigenvalue weighted by Gasteiger charge is -2.16. The minimum Gasteiger partial charge on any atom is -0.478 e. The monoisotopic (exact) mass is 363 g/mol. The van der Waals surface area contributed by atoms with Crippen molar-refractivity contribution in [3.05, 3.63) is 59.7 Å². The molecule has 27 heavy (non-hydrogen) atoms. The molecule has 1 fully saturated rings. The number of carboxylic acids is 1. The predicted octanol–water partition coefficient (Wildman–Crippen LogP) is 4.03. The van der Waals surface area contributed by atoms with Gasteiger partial charge >= 0.3 is 5.97 Å². The van der Waals surface area contributed by atoms with Gasteiger partial charge < -0.3 is 9.67 Å². The highest BCUT2D eigenvalue weighted by atomic mass is 16.4. The maximum atomic E-state index is 12.6. The fourth-order valence-corrected chi connectivity index (χ4v) is 3.89. The van der Waals surface area contributed by atoms with Gasteiger partial charge in [0.2, 0.25) is 11.9 Å². The first-order chi connectivity index (χ1) is 13.1. The fraction of sp³-hybridized carbons (Fsp3) is 0.286. The molecule has 3 aromatic rings. The summed E-state index contributed by atoms with van der Waals surface area (Å²) in [5.41, 5.74) is 2.51. The summed E-state index contributed by atoms with van der Waals surface area (Å²) >= 11 is 0. The zero-order valence-electron chi connectivity index (χ0n) is 14.9. The SMILES string of the molecule is O=C(Cc1ccccc1C(=O)O)Nc1nc2ccccc2n1C1CCCC1. The first-order valence-electron chi connectivity index (χ1n) is 9.21. The molecule has 138 valence electrons. The van der Waals surface area contributed by atoms with Crippen molar-refractivity contribution in [3.8, 4) is 0 Å². The highest BCUT2D eigenvalue weighted by molar-refractivity contribution is 5.96. The number of rotatable bonds is 5. The van der Waals surface area contributed by atoms with Crippen molar-refractivity contribution in [1.29, 1.82) is 0 Å². The molecule has 1 heterocycles. The average molecular weight is 363 g/mol. The predicted molar refractivity (Wildman–Crippen MR) is 103 cm³/mol. The number of aromatic carboxylic acids is 1. The van der Waals surface area contributed by atoms with Crippen molar-refractivity contribution in [2.24, 2.45) is 0 Å². The van der Waals surface area contributed by atoms with Crippen LogP contribution in [-0.2, 0) is 11.2 Å². The van der Waals surface area contributed by atoms with E-state index in [-0.39, 0.29) is 17.9 Å². The number of nitrogens with one attached hydrogen (secondary N) is 1. The Labute approximate surface area is 156 Å². The van der Waals surface area contributed by atoms with Crippen LogP contribution in [0.15, 0.2) is 48.5 Å². The number of fused-ring (bicyclic) bond motifs is 1. The molecule has 0 unspecified atom stereocenters. The van der Waals surface area contributed by atoms with Crippen molar-refractivity contribution < 1.29 is 14.7 Å². The van der Waals surface area contributed by atoms with E-state index in [0.717, 1.165) is 23.9 Å². The van der Waals surface area contributed by atoms with Crippen molar-refractivity contribution in [2.75, 3.05) is 5.32 Å². The van der Waals surface area contributed by atoms with E-state index in [4.69, 9.17) is 0 Å². The third-order valence-corrected chi connectivity index (χ3v) is 5.14. The molecule has 6 heteroatoms. The van der Waals surface area contributed by atoms with E-state index in [2.05, 4.69) is 14.9 Å². The zero-order valence-corrected chi connectivity index (χ0v) is 14.9. The highest BCUT2D eigenvalue weighted by Gasteiger charge is 2.23. The molecule has 4 rings (SSSR count). The van der Waals surface area contributed by atoms with Crippen LogP contribution in [0.2, 0.25) is 0 Å². The van der Waals surface area contributed by atoms with Gasteiger partial charge in [-0.1, -0.05) is 43.2 Å². The third-order valence-electron chi connectivity index (χ3n) is 5.14. The van der Waals surface area contributed by atoms with E-state index < -0.39 is 5.97 Å². The summed E-state index contributed by atoms with van der Waals surface area (Å²) in [5.74, 6) is -0.754. The van der Waals surface area contributed by atoms with Crippen LogP contribution in [0.25, 0.3) is 11.0 Å². The second-order valence-corrected chi connectivity index (χ2v) is 6.92. The number of carbonyl (C=O) groups excluding carboxylic acids is 1. The molecule has 0 bridgehead atoms. The molecule has 0 saturated heterocycles. The lowest BCUT2D eigenvalue weighted by atomic mass is 10.0. The third kappa shape index (κ3) is 3.43. The average Bonchev–Trinajstić information content (AvgIpc) is 3.28. The Morgan fingerprint density at radius 2 is 1.78 bits per heavy atom. The van der Waals surface area contributed by atoms with Gasteiger partial charge in [0, 0.05) is 6.04 Å². The largest absolute Gasteiger partial charge is 0.478 e. The number of carbonyl (C=O) groups is 2. The summed E-state index contributed by atoms with van der Waals surface area (Å²) in [6.45, 7) is 0. The van der Waals surface area contributed by atoms with Crippen molar-refractivity contribution in [1.82, 2.24) is 9.55 Å². The summed E-state index contributed by atoms with van der Waals surface area (Å²) < 4.78 is 2.13. The second kappa shape index (κ2) is 7.23. The van der Waals surface area contributed by atoms with E-state index in [9.17, 15) is 14.7 Å². The summed E-state index contributed by atoms with van der Waals surface area (Å²) in [6.07, 6.45) is 4.50. The number of para-hydroxylation sites is 2. The maximum Gasteiger partial charge on any atom is 0.335 e. The summed E-state index contributed by atoms with van der Waals surface area (Å²) in [7, 11) is 0. The van der Waals surface area contributed by atoms with Crippen molar-refractivity contribution in [3.63, 3.8) is 0 Å². The maximum absolute atomic E-state index is 12.6. The number of amides is 1. The van der Waals surface area contributed by atoms with Crippen LogP contribution in [-0.4, -0.2) is 26.5 Å². The minimum atomic E-state index is -1.03. The number of aromatic nitrogens is 2. The molecule has 1 aliphatic carbocycles. The Morgan fingerprint density at radius 3 is 2.56 bits per heavy atom. The van der Waals surface area contributed by atoms with Gasteiger partial charge in [0.05, 0.1) is 23.0 Å². The number of hydrogen-bond acceptors (Lipinski definition) is 3. The lowest BCUT2D eigenvalue weighted by Crippen LogP contribution is -2.20. The molecule has 1 amide bonds. The number of benzene rings is 2. The van der Waals surface area contributed by atoms with Crippen molar-refractivity contribution >= 4 is 28.9 Å². The van der Waals surface area contributed by atoms with Gasteiger partial charge in [-0.15, -0.1) is 0 Å². The molecule has 2 aromatic carbocycles. The molecule has 0 aliphatic heterocycles. The molecule has 0 atom stereocenters. The van der Waals surface area contributed by atoms with E-state index in [0.29, 0.717) is 17.6 Å². The van der Waals surface area contributed by atoms with Gasteiger partial charge in [-0.05, 0) is 36.6 Å². The number of carboxylic acid groups (broad SMARTS) is 1. The van der Waals surface area contributed by atoms with Gasteiger partial charge in [-0.3, -0.25) is 10.1 Å². The molecule has 0 spiro atoms. The Bertz CT molecular complexity index is 1000. The molecule has 6 nitrogen and oxygen atoms in total. The van der Waals surface area contributed by atoms with Crippen LogP contribution in [0.5, 0.6) is 0 Å². The van der Waals surface area contributed by atoms with E-state index in [1.807, 2.05) is 24.3 Å². The van der Waals surface area contributed by atoms with E-state index >= 15 is 0 Å². The summed E-state index contributed by atoms with van der Waals surface area (Å²) in [5, 5.41) is 12.2. The Balaban J connectivity index is 1.63. The smallest absolute Gasteiger partial charge is 0.335 e. The van der Waals surface area contributed by atoms with Gasteiger partial charge in [0.1, 0.15) is 0 Å². The Hall–Kier alpha value is -3.15. The van der Waals surface area contributed by atoms with Crippen LogP contribution >= 0.6 is 0 Å². The van der Waals surface area contributed by atoms with Gasteiger partial charge in [0.25, 0.3) is 0 Å². The van der Waals surface area contributed by atoms with Gasteiger partial charge in [-0.2, -0.15) is 0 Å². The van der Waals surface area contributed by atoms with Crippen LogP contribution in [0, 0.1) is 0 Å². The van der Waals surface area contributed by atoms with Gasteiger partial charge in [-0.25, -0.2) is 9.78 Å². The second-order valence-electron chi connectivity index (χ2n) is 6.92. The first kappa shape index (κ1) is 17.3. The molecular formula is C21H21N3O3. The number of anilines is 1. The standard InChI is InChI=1S/C21H21N3O3/c25-19(13-14-7-1-4-10-16(14)20(26)27)23-21-22-17-11-5-6-12-18(17)24(21)15-8-2-3-9-15/h1,4-7,10-12,15H,2-3,8-9,13H2,(H,26,27)(H,22,23,25). The quantitative estimate of drug-likeness (QED) is 0.717. The number of imidazole rings is 1. The van der Waals surface area contributed by atoms with Crippen molar-refractivity contribution in [2.45, 2.75) is 38.1 Å². The Morgan fingerprint density at radius 1 is 1.07 bits per heavy atom. The molecule has 2 N–H and O–H groups in total. The molecule has 0 radical (unpaired) electrons. The van der Waals surface area contributed by atoms with Crippen LogP contribution in [0.4, 0.5) is 5.95 Å².